The first kappa shape index (κ1) is 13.2. The second-order valence-corrected chi connectivity index (χ2v) is 6.12. The topological polar surface area (TPSA) is 55.1 Å². The average molecular weight is 293 g/mol. The lowest BCUT2D eigenvalue weighted by Crippen LogP contribution is -2.18. The van der Waals surface area contributed by atoms with Gasteiger partial charge in [-0.1, -0.05) is 37.3 Å². The molecular weight excluding hydrogens is 274 g/mol. The Labute approximate surface area is 129 Å². The molecule has 0 bridgehead atoms. The van der Waals surface area contributed by atoms with E-state index in [0.29, 0.717) is 11.8 Å². The van der Waals surface area contributed by atoms with Crippen LogP contribution in [-0.4, -0.2) is 25.6 Å². The molecule has 4 rings (SSSR count). The Morgan fingerprint density at radius 2 is 2.05 bits per heavy atom. The minimum Gasteiger partial charge on any atom is -0.367 e. The van der Waals surface area contributed by atoms with Crippen LogP contribution in [0.1, 0.15) is 26.2 Å². The molecule has 1 aliphatic carbocycles. The Hall–Kier alpha value is -2.43. The maximum absolute atomic E-state index is 4.60. The molecule has 5 heteroatoms. The molecule has 2 aromatic heterocycles. The van der Waals surface area contributed by atoms with Crippen molar-refractivity contribution in [2.75, 3.05) is 5.32 Å². The van der Waals surface area contributed by atoms with Crippen molar-refractivity contribution >= 4 is 11.6 Å². The molecule has 1 fully saturated rings. The SMILES string of the molecule is CC1CCC(Nc2cc(-c3ccccc3)nc3ncnn23)C1. The van der Waals surface area contributed by atoms with Gasteiger partial charge in [0.05, 0.1) is 5.69 Å². The maximum Gasteiger partial charge on any atom is 0.254 e. The van der Waals surface area contributed by atoms with E-state index in [1.165, 1.54) is 19.3 Å². The number of rotatable bonds is 3. The molecule has 5 nitrogen and oxygen atoms in total. The van der Waals surface area contributed by atoms with Gasteiger partial charge in [0.25, 0.3) is 5.78 Å². The molecule has 2 unspecified atom stereocenters. The zero-order valence-electron chi connectivity index (χ0n) is 12.6. The van der Waals surface area contributed by atoms with Gasteiger partial charge in [-0.2, -0.15) is 14.6 Å². The predicted octanol–water partition coefficient (Wildman–Crippen LogP) is 3.39. The number of nitrogens with one attached hydrogen (secondary N) is 1. The Kier molecular flexibility index (Phi) is 3.25. The van der Waals surface area contributed by atoms with Crippen LogP contribution < -0.4 is 5.32 Å². The van der Waals surface area contributed by atoms with Crippen LogP contribution in [-0.2, 0) is 0 Å². The molecule has 0 radical (unpaired) electrons. The van der Waals surface area contributed by atoms with Crippen LogP contribution in [0.3, 0.4) is 0 Å². The van der Waals surface area contributed by atoms with E-state index in [2.05, 4.69) is 45.5 Å². The van der Waals surface area contributed by atoms with Gasteiger partial charge in [0.2, 0.25) is 0 Å². The number of benzene rings is 1. The predicted molar refractivity (Wildman–Crippen MR) is 86.6 cm³/mol. The molecule has 2 heterocycles. The van der Waals surface area contributed by atoms with Gasteiger partial charge in [-0.15, -0.1) is 0 Å². The van der Waals surface area contributed by atoms with Gasteiger partial charge in [0, 0.05) is 17.7 Å². The van der Waals surface area contributed by atoms with Gasteiger partial charge in [0.15, 0.2) is 0 Å². The van der Waals surface area contributed by atoms with Crippen molar-refractivity contribution < 1.29 is 0 Å². The number of anilines is 1. The monoisotopic (exact) mass is 293 g/mol. The van der Waals surface area contributed by atoms with Crippen molar-refractivity contribution in [3.05, 3.63) is 42.7 Å². The molecule has 0 saturated heterocycles. The first-order chi connectivity index (χ1) is 10.8. The van der Waals surface area contributed by atoms with Crippen LogP contribution in [0, 0.1) is 5.92 Å². The molecule has 112 valence electrons. The molecule has 1 aromatic carbocycles. The highest BCUT2D eigenvalue weighted by atomic mass is 15.4. The summed E-state index contributed by atoms with van der Waals surface area (Å²) in [5, 5.41) is 7.93. The second-order valence-electron chi connectivity index (χ2n) is 6.12. The first-order valence-electron chi connectivity index (χ1n) is 7.82. The Bertz CT molecular complexity index is 780. The van der Waals surface area contributed by atoms with Crippen molar-refractivity contribution in [2.45, 2.75) is 32.2 Å². The summed E-state index contributed by atoms with van der Waals surface area (Å²) in [5.41, 5.74) is 2.02. The van der Waals surface area contributed by atoms with E-state index in [0.717, 1.165) is 23.0 Å². The van der Waals surface area contributed by atoms with E-state index in [9.17, 15) is 0 Å². The third-order valence-corrected chi connectivity index (χ3v) is 4.37. The van der Waals surface area contributed by atoms with E-state index in [1.807, 2.05) is 18.2 Å². The second kappa shape index (κ2) is 5.40. The number of hydrogen-bond donors (Lipinski definition) is 1. The Morgan fingerprint density at radius 1 is 1.18 bits per heavy atom. The quantitative estimate of drug-likeness (QED) is 0.804. The molecule has 1 aliphatic rings. The molecule has 0 amide bonds. The summed E-state index contributed by atoms with van der Waals surface area (Å²) in [6.45, 7) is 2.31. The fraction of sp³-hybridized carbons (Fsp3) is 0.353. The van der Waals surface area contributed by atoms with E-state index < -0.39 is 0 Å². The zero-order chi connectivity index (χ0) is 14.9. The lowest BCUT2D eigenvalue weighted by Gasteiger charge is -2.15. The van der Waals surface area contributed by atoms with Gasteiger partial charge in [-0.3, -0.25) is 0 Å². The van der Waals surface area contributed by atoms with E-state index in [4.69, 9.17) is 0 Å². The van der Waals surface area contributed by atoms with Gasteiger partial charge < -0.3 is 5.32 Å². The van der Waals surface area contributed by atoms with Crippen molar-refractivity contribution in [2.24, 2.45) is 5.92 Å². The molecule has 22 heavy (non-hydrogen) atoms. The molecular formula is C17H19N5. The highest BCUT2D eigenvalue weighted by Gasteiger charge is 2.22. The molecule has 0 spiro atoms. The average Bonchev–Trinajstić information content (AvgIpc) is 3.17. The highest BCUT2D eigenvalue weighted by molar-refractivity contribution is 5.65. The summed E-state index contributed by atoms with van der Waals surface area (Å²) in [6, 6.07) is 12.8. The molecule has 0 aliphatic heterocycles. The third kappa shape index (κ3) is 2.43. The van der Waals surface area contributed by atoms with Crippen molar-refractivity contribution in [1.82, 2.24) is 19.6 Å². The van der Waals surface area contributed by atoms with Crippen LogP contribution in [0.25, 0.3) is 17.0 Å². The van der Waals surface area contributed by atoms with Crippen LogP contribution in [0.2, 0.25) is 0 Å². The number of fused-ring (bicyclic) bond motifs is 1. The van der Waals surface area contributed by atoms with Crippen molar-refractivity contribution in [3.8, 4) is 11.3 Å². The summed E-state index contributed by atoms with van der Waals surface area (Å²) in [4.78, 5) is 8.86. The van der Waals surface area contributed by atoms with E-state index >= 15 is 0 Å². The van der Waals surface area contributed by atoms with Crippen molar-refractivity contribution in [3.63, 3.8) is 0 Å². The van der Waals surface area contributed by atoms with Gasteiger partial charge in [0.1, 0.15) is 12.1 Å². The summed E-state index contributed by atoms with van der Waals surface area (Å²) in [5.74, 6) is 2.40. The maximum atomic E-state index is 4.60. The van der Waals surface area contributed by atoms with Crippen LogP contribution in [0.15, 0.2) is 42.7 Å². The van der Waals surface area contributed by atoms with Gasteiger partial charge >= 0.3 is 0 Å². The first-order valence-corrected chi connectivity index (χ1v) is 7.82. The lowest BCUT2D eigenvalue weighted by atomic mass is 10.1. The smallest absolute Gasteiger partial charge is 0.254 e. The fourth-order valence-electron chi connectivity index (χ4n) is 3.22. The van der Waals surface area contributed by atoms with E-state index in [1.54, 1.807) is 10.8 Å². The van der Waals surface area contributed by atoms with Crippen LogP contribution in [0.4, 0.5) is 5.82 Å². The molecule has 1 N–H and O–H groups in total. The third-order valence-electron chi connectivity index (χ3n) is 4.37. The number of nitrogens with zero attached hydrogens (tertiary/aromatic N) is 4. The summed E-state index contributed by atoms with van der Waals surface area (Å²) >= 11 is 0. The largest absolute Gasteiger partial charge is 0.367 e. The number of hydrogen-bond acceptors (Lipinski definition) is 4. The molecule has 3 aromatic rings. The minimum atomic E-state index is 0.508. The highest BCUT2D eigenvalue weighted by Crippen LogP contribution is 2.28. The molecule has 1 saturated carbocycles. The molecule has 2 atom stereocenters. The summed E-state index contributed by atoms with van der Waals surface area (Å²) in [7, 11) is 0. The lowest BCUT2D eigenvalue weighted by molar-refractivity contribution is 0.601. The minimum absolute atomic E-state index is 0.508. The van der Waals surface area contributed by atoms with Crippen LogP contribution >= 0.6 is 0 Å². The van der Waals surface area contributed by atoms with Gasteiger partial charge in [-0.25, -0.2) is 4.98 Å². The normalized spacial score (nSPS) is 21.3. The summed E-state index contributed by atoms with van der Waals surface area (Å²) in [6.07, 6.45) is 5.26. The standard InChI is InChI=1S/C17H19N5/c1-12-7-8-14(9-12)20-16-10-15(13-5-3-2-4-6-13)21-17-18-11-19-22(16)17/h2-6,10-12,14,20H,7-9H2,1H3. The Morgan fingerprint density at radius 3 is 2.82 bits per heavy atom. The van der Waals surface area contributed by atoms with Crippen LogP contribution in [0.5, 0.6) is 0 Å². The van der Waals surface area contributed by atoms with Gasteiger partial charge in [-0.05, 0) is 25.2 Å². The Balaban J connectivity index is 1.74. The number of aromatic nitrogens is 4. The zero-order valence-corrected chi connectivity index (χ0v) is 12.6. The fourth-order valence-corrected chi connectivity index (χ4v) is 3.22. The van der Waals surface area contributed by atoms with Crippen molar-refractivity contribution in [1.29, 1.82) is 0 Å². The van der Waals surface area contributed by atoms with E-state index in [-0.39, 0.29) is 0 Å². The summed E-state index contributed by atoms with van der Waals surface area (Å²) < 4.78 is 1.79.